The first kappa shape index (κ1) is 18.4. The molecule has 1 aliphatic rings. The highest BCUT2D eigenvalue weighted by Gasteiger charge is 2.25. The number of carbonyl (C=O) groups is 2. The van der Waals surface area contributed by atoms with Crippen LogP contribution in [-0.4, -0.2) is 65.0 Å². The number of amides is 1. The number of carbonyl (C=O) groups excluding carboxylic acids is 2. The van der Waals surface area contributed by atoms with Gasteiger partial charge in [0.1, 0.15) is 11.3 Å². The fourth-order valence-electron chi connectivity index (χ4n) is 2.50. The Balaban J connectivity index is 1.74. The van der Waals surface area contributed by atoms with Crippen LogP contribution in [0, 0.1) is 6.92 Å². The van der Waals surface area contributed by atoms with E-state index in [2.05, 4.69) is 9.88 Å². The van der Waals surface area contributed by atoms with Crippen LogP contribution in [0.5, 0.6) is 0 Å². The van der Waals surface area contributed by atoms with Crippen LogP contribution in [-0.2, 0) is 4.74 Å². The molecule has 0 spiro atoms. The van der Waals surface area contributed by atoms with Crippen LogP contribution in [0.3, 0.4) is 0 Å². The Labute approximate surface area is 143 Å². The second-order valence-corrected chi connectivity index (χ2v) is 7.20. The van der Waals surface area contributed by atoms with Crippen molar-refractivity contribution in [2.45, 2.75) is 39.7 Å². The van der Waals surface area contributed by atoms with Gasteiger partial charge in [-0.1, -0.05) is 6.07 Å². The van der Waals surface area contributed by atoms with Gasteiger partial charge in [-0.25, -0.2) is 4.79 Å². The molecule has 0 atom stereocenters. The van der Waals surface area contributed by atoms with Crippen LogP contribution in [0.1, 0.15) is 43.2 Å². The van der Waals surface area contributed by atoms with Crippen molar-refractivity contribution in [3.8, 4) is 0 Å². The van der Waals surface area contributed by atoms with E-state index in [0.29, 0.717) is 31.7 Å². The highest BCUT2D eigenvalue weighted by Crippen LogP contribution is 2.12. The summed E-state index contributed by atoms with van der Waals surface area (Å²) in [6.07, 6.45) is 1.90. The zero-order chi connectivity index (χ0) is 17.7. The molecule has 0 aromatic carbocycles. The first-order valence-corrected chi connectivity index (χ1v) is 8.41. The minimum Gasteiger partial charge on any atom is -0.444 e. The molecule has 0 unspecified atom stereocenters. The molecule has 2 heterocycles. The molecule has 1 aromatic heterocycles. The van der Waals surface area contributed by atoms with Crippen LogP contribution in [0.4, 0.5) is 4.79 Å². The van der Waals surface area contributed by atoms with E-state index in [4.69, 9.17) is 4.74 Å². The van der Waals surface area contributed by atoms with Gasteiger partial charge in [0.15, 0.2) is 5.78 Å². The molecule has 0 aliphatic carbocycles. The van der Waals surface area contributed by atoms with Gasteiger partial charge in [0, 0.05) is 45.3 Å². The second-order valence-electron chi connectivity index (χ2n) is 7.20. The van der Waals surface area contributed by atoms with Crippen LogP contribution in [0.25, 0.3) is 0 Å². The molecule has 1 saturated heterocycles. The Bertz CT molecular complexity index is 570. The van der Waals surface area contributed by atoms with E-state index >= 15 is 0 Å². The minimum absolute atomic E-state index is 0.0598. The van der Waals surface area contributed by atoms with Crippen molar-refractivity contribution in [2.75, 3.05) is 32.7 Å². The maximum atomic E-state index is 12.2. The number of piperazine rings is 1. The lowest BCUT2D eigenvalue weighted by Gasteiger charge is -2.35. The number of hydrogen-bond acceptors (Lipinski definition) is 5. The average molecular weight is 333 g/mol. The predicted molar refractivity (Wildman–Crippen MR) is 92.2 cm³/mol. The summed E-state index contributed by atoms with van der Waals surface area (Å²) in [7, 11) is 0. The van der Waals surface area contributed by atoms with Gasteiger partial charge in [0.2, 0.25) is 0 Å². The van der Waals surface area contributed by atoms with Gasteiger partial charge in [-0.05, 0) is 39.3 Å². The molecule has 0 saturated carbocycles. The largest absolute Gasteiger partial charge is 0.444 e. The molecule has 6 nitrogen and oxygen atoms in total. The molecular weight excluding hydrogens is 306 g/mol. The number of pyridine rings is 1. The smallest absolute Gasteiger partial charge is 0.410 e. The van der Waals surface area contributed by atoms with Crippen molar-refractivity contribution in [3.05, 3.63) is 29.6 Å². The van der Waals surface area contributed by atoms with Gasteiger partial charge in [0.25, 0.3) is 0 Å². The van der Waals surface area contributed by atoms with E-state index in [1.54, 1.807) is 17.2 Å². The van der Waals surface area contributed by atoms with Crippen LogP contribution in [0.2, 0.25) is 0 Å². The van der Waals surface area contributed by atoms with E-state index in [1.807, 2.05) is 33.8 Å². The lowest BCUT2D eigenvalue weighted by molar-refractivity contribution is 0.0144. The standard InChI is InChI=1S/C18H27N3O3/c1-14-5-6-15(19-13-14)16(22)7-8-20-9-11-21(12-10-20)17(23)24-18(2,3)4/h5-6,13H,7-12H2,1-4H3. The van der Waals surface area contributed by atoms with Gasteiger partial charge < -0.3 is 9.64 Å². The summed E-state index contributed by atoms with van der Waals surface area (Å²) in [5.74, 6) is 0.0598. The number of rotatable bonds is 4. The molecule has 0 radical (unpaired) electrons. The predicted octanol–water partition coefficient (Wildman–Crippen LogP) is 2.52. The van der Waals surface area contributed by atoms with E-state index < -0.39 is 5.60 Å². The summed E-state index contributed by atoms with van der Waals surface area (Å²) < 4.78 is 5.38. The monoisotopic (exact) mass is 333 g/mol. The van der Waals surface area contributed by atoms with Crippen LogP contribution < -0.4 is 0 Å². The lowest BCUT2D eigenvalue weighted by Crippen LogP contribution is -2.50. The Morgan fingerprint density at radius 1 is 1.17 bits per heavy atom. The molecule has 2 rings (SSSR count). The molecule has 24 heavy (non-hydrogen) atoms. The first-order chi connectivity index (χ1) is 11.2. The molecule has 132 valence electrons. The number of aryl methyl sites for hydroxylation is 1. The number of nitrogens with zero attached hydrogens (tertiary/aromatic N) is 3. The van der Waals surface area contributed by atoms with E-state index in [0.717, 1.165) is 18.7 Å². The van der Waals surface area contributed by atoms with Crippen molar-refractivity contribution < 1.29 is 14.3 Å². The van der Waals surface area contributed by atoms with Crippen molar-refractivity contribution in [2.24, 2.45) is 0 Å². The third kappa shape index (κ3) is 5.60. The van der Waals surface area contributed by atoms with Crippen LogP contribution >= 0.6 is 0 Å². The molecule has 0 bridgehead atoms. The third-order valence-electron chi connectivity index (χ3n) is 3.88. The van der Waals surface area contributed by atoms with E-state index in [1.165, 1.54) is 0 Å². The number of ketones is 1. The molecule has 6 heteroatoms. The summed E-state index contributed by atoms with van der Waals surface area (Å²) in [6, 6.07) is 3.68. The summed E-state index contributed by atoms with van der Waals surface area (Å²) in [5.41, 5.74) is 1.10. The zero-order valence-corrected chi connectivity index (χ0v) is 15.0. The molecule has 1 fully saturated rings. The van der Waals surface area contributed by atoms with Crippen LogP contribution in [0.15, 0.2) is 18.3 Å². The number of hydrogen-bond donors (Lipinski definition) is 0. The highest BCUT2D eigenvalue weighted by atomic mass is 16.6. The van der Waals surface area contributed by atoms with Gasteiger partial charge in [-0.15, -0.1) is 0 Å². The molecule has 1 aromatic rings. The highest BCUT2D eigenvalue weighted by molar-refractivity contribution is 5.94. The fraction of sp³-hybridized carbons (Fsp3) is 0.611. The Morgan fingerprint density at radius 3 is 2.38 bits per heavy atom. The Hall–Kier alpha value is -1.95. The van der Waals surface area contributed by atoms with Gasteiger partial charge >= 0.3 is 6.09 Å². The first-order valence-electron chi connectivity index (χ1n) is 8.41. The normalized spacial score (nSPS) is 16.1. The maximum Gasteiger partial charge on any atom is 0.410 e. The van der Waals surface area contributed by atoms with E-state index in [-0.39, 0.29) is 11.9 Å². The van der Waals surface area contributed by atoms with Crippen molar-refractivity contribution in [3.63, 3.8) is 0 Å². The summed E-state index contributed by atoms with van der Waals surface area (Å²) in [6.45, 7) is 11.0. The summed E-state index contributed by atoms with van der Waals surface area (Å²) in [4.78, 5) is 32.3. The van der Waals surface area contributed by atoms with Gasteiger partial charge in [0.05, 0.1) is 0 Å². The molecule has 0 N–H and O–H groups in total. The second kappa shape index (κ2) is 7.75. The average Bonchev–Trinajstić information content (AvgIpc) is 2.52. The zero-order valence-electron chi connectivity index (χ0n) is 15.0. The summed E-state index contributed by atoms with van der Waals surface area (Å²) >= 11 is 0. The quantitative estimate of drug-likeness (QED) is 0.792. The van der Waals surface area contributed by atoms with E-state index in [9.17, 15) is 9.59 Å². The van der Waals surface area contributed by atoms with Crippen molar-refractivity contribution in [1.29, 1.82) is 0 Å². The number of Topliss-reactive ketones (excluding diaryl/α,β-unsaturated/α-hetero) is 1. The van der Waals surface area contributed by atoms with Gasteiger partial charge in [-0.2, -0.15) is 0 Å². The molecule has 1 amide bonds. The lowest BCUT2D eigenvalue weighted by atomic mass is 10.1. The number of ether oxygens (including phenoxy) is 1. The molecular formula is C18H27N3O3. The maximum absolute atomic E-state index is 12.2. The molecule has 1 aliphatic heterocycles. The Kier molecular flexibility index (Phi) is 5.94. The van der Waals surface area contributed by atoms with Crippen molar-refractivity contribution in [1.82, 2.24) is 14.8 Å². The number of aromatic nitrogens is 1. The fourth-order valence-corrected chi connectivity index (χ4v) is 2.50. The minimum atomic E-state index is -0.471. The topological polar surface area (TPSA) is 62.7 Å². The summed E-state index contributed by atoms with van der Waals surface area (Å²) in [5, 5.41) is 0. The van der Waals surface area contributed by atoms with Crippen molar-refractivity contribution >= 4 is 11.9 Å². The third-order valence-corrected chi connectivity index (χ3v) is 3.88. The Morgan fingerprint density at radius 2 is 1.83 bits per heavy atom. The SMILES string of the molecule is Cc1ccc(C(=O)CCN2CCN(C(=O)OC(C)(C)C)CC2)nc1. The van der Waals surface area contributed by atoms with Gasteiger partial charge in [-0.3, -0.25) is 14.7 Å².